The van der Waals surface area contributed by atoms with Crippen LogP contribution in [0.25, 0.3) is 0 Å². The van der Waals surface area contributed by atoms with Gasteiger partial charge in [-0.25, -0.2) is 0 Å². The summed E-state index contributed by atoms with van der Waals surface area (Å²) in [7, 11) is 0. The predicted molar refractivity (Wildman–Crippen MR) is 67.7 cm³/mol. The van der Waals surface area contributed by atoms with Crippen molar-refractivity contribution in [1.29, 1.82) is 0 Å². The largest absolute Gasteiger partial charge is 0.446 e. The monoisotopic (exact) mass is 357 g/mol. The van der Waals surface area contributed by atoms with Gasteiger partial charge in [-0.2, -0.15) is 13.2 Å². The molecule has 0 bridgehead atoms. The highest BCUT2D eigenvalue weighted by Gasteiger charge is 2.35. The summed E-state index contributed by atoms with van der Waals surface area (Å²) < 4.78 is 37.2. The summed E-state index contributed by atoms with van der Waals surface area (Å²) in [5, 5.41) is 10.8. The normalized spacial score (nSPS) is 13.1. The number of thioether (sulfide) groups is 1. The number of carbonyl (C=O) groups excluding carboxylic acids is 1. The average molecular weight is 358 g/mol. The first-order valence-electron chi connectivity index (χ1n) is 4.85. The van der Waals surface area contributed by atoms with Gasteiger partial charge in [-0.3, -0.25) is 14.9 Å². The Morgan fingerprint density at radius 2 is 2.05 bits per heavy atom. The molecule has 104 valence electrons. The maximum absolute atomic E-state index is 12.4. The van der Waals surface area contributed by atoms with Gasteiger partial charge in [-0.15, -0.1) is 0 Å². The Balaban J connectivity index is 3.42. The van der Waals surface area contributed by atoms with Gasteiger partial charge in [-0.05, 0) is 24.8 Å². The van der Waals surface area contributed by atoms with Gasteiger partial charge >= 0.3 is 5.51 Å². The number of alkyl halides is 4. The molecule has 9 heteroatoms. The number of benzene rings is 1. The van der Waals surface area contributed by atoms with E-state index in [0.717, 1.165) is 18.2 Å². The first-order chi connectivity index (χ1) is 8.63. The molecule has 1 aromatic rings. The highest BCUT2D eigenvalue weighted by atomic mass is 79.9. The summed E-state index contributed by atoms with van der Waals surface area (Å²) in [6, 6.07) is 3.15. The molecule has 19 heavy (non-hydrogen) atoms. The van der Waals surface area contributed by atoms with Crippen molar-refractivity contribution in [2.75, 3.05) is 0 Å². The van der Waals surface area contributed by atoms with Gasteiger partial charge in [0.05, 0.1) is 9.75 Å². The number of nitro benzene ring substituents is 1. The molecule has 0 aromatic heterocycles. The van der Waals surface area contributed by atoms with Crippen LogP contribution in [0.15, 0.2) is 23.1 Å². The number of nitrogens with zero attached hydrogens (tertiary/aromatic N) is 1. The minimum absolute atomic E-state index is 0.474. The molecule has 1 rings (SSSR count). The summed E-state index contributed by atoms with van der Waals surface area (Å²) >= 11 is 2.37. The number of hydrogen-bond donors (Lipinski definition) is 0. The molecule has 1 aromatic carbocycles. The molecule has 0 amide bonds. The maximum atomic E-state index is 12.4. The number of ketones is 1. The zero-order valence-electron chi connectivity index (χ0n) is 9.40. The smallest absolute Gasteiger partial charge is 0.293 e. The van der Waals surface area contributed by atoms with Crippen LogP contribution < -0.4 is 0 Å². The van der Waals surface area contributed by atoms with Crippen LogP contribution in [0.1, 0.15) is 17.3 Å². The molecule has 0 aliphatic rings. The topological polar surface area (TPSA) is 60.2 Å². The average Bonchev–Trinajstić information content (AvgIpc) is 2.25. The Morgan fingerprint density at radius 1 is 1.47 bits per heavy atom. The van der Waals surface area contributed by atoms with E-state index in [1.165, 1.54) is 6.92 Å². The second kappa shape index (κ2) is 5.91. The highest BCUT2D eigenvalue weighted by Crippen LogP contribution is 2.41. The third-order valence-electron chi connectivity index (χ3n) is 2.03. The number of rotatable bonds is 4. The van der Waals surface area contributed by atoms with Gasteiger partial charge in [0.1, 0.15) is 5.56 Å². The third-order valence-corrected chi connectivity index (χ3v) is 3.24. The lowest BCUT2D eigenvalue weighted by atomic mass is 10.1. The molecule has 0 heterocycles. The minimum atomic E-state index is -4.63. The van der Waals surface area contributed by atoms with Gasteiger partial charge in [-0.1, -0.05) is 22.0 Å². The van der Waals surface area contributed by atoms with Crippen LogP contribution >= 0.6 is 27.7 Å². The van der Waals surface area contributed by atoms with Crippen LogP contribution in [0.3, 0.4) is 0 Å². The Labute approximate surface area is 118 Å². The fourth-order valence-corrected chi connectivity index (χ4v) is 2.26. The number of Topliss-reactive ketones (excluding diaryl/α,β-unsaturated/α-hetero) is 1. The van der Waals surface area contributed by atoms with E-state index in [-0.39, 0.29) is 0 Å². The molecule has 0 aliphatic heterocycles. The molecule has 4 nitrogen and oxygen atoms in total. The molecule has 1 atom stereocenters. The van der Waals surface area contributed by atoms with Crippen LogP contribution in [0.4, 0.5) is 18.9 Å². The zero-order valence-corrected chi connectivity index (χ0v) is 11.8. The van der Waals surface area contributed by atoms with Crippen molar-refractivity contribution < 1.29 is 22.9 Å². The van der Waals surface area contributed by atoms with Gasteiger partial charge in [0.2, 0.25) is 0 Å². The second-order valence-electron chi connectivity index (χ2n) is 3.44. The summed E-state index contributed by atoms with van der Waals surface area (Å²) in [5.74, 6) is -0.765. The fraction of sp³-hybridized carbons (Fsp3) is 0.300. The predicted octanol–water partition coefficient (Wildman–Crippen LogP) is 4.17. The van der Waals surface area contributed by atoms with Crippen LogP contribution in [0, 0.1) is 10.1 Å². The first kappa shape index (κ1) is 16.0. The van der Waals surface area contributed by atoms with E-state index in [9.17, 15) is 28.1 Å². The molecule has 0 saturated carbocycles. The first-order valence-corrected chi connectivity index (χ1v) is 6.58. The second-order valence-corrected chi connectivity index (χ2v) is 5.92. The van der Waals surface area contributed by atoms with Crippen LogP contribution in [0.2, 0.25) is 0 Å². The zero-order chi connectivity index (χ0) is 14.8. The number of nitro groups is 1. The lowest BCUT2D eigenvalue weighted by molar-refractivity contribution is -0.385. The minimum Gasteiger partial charge on any atom is -0.293 e. The van der Waals surface area contributed by atoms with E-state index in [1.807, 2.05) is 0 Å². The van der Waals surface area contributed by atoms with Crippen LogP contribution in [-0.2, 0) is 0 Å². The third kappa shape index (κ3) is 4.20. The van der Waals surface area contributed by atoms with Gasteiger partial charge < -0.3 is 0 Å². The molecule has 0 fully saturated rings. The van der Waals surface area contributed by atoms with Crippen molar-refractivity contribution in [2.24, 2.45) is 0 Å². The van der Waals surface area contributed by atoms with E-state index < -0.39 is 49.0 Å². The lowest BCUT2D eigenvalue weighted by Gasteiger charge is -2.11. The van der Waals surface area contributed by atoms with E-state index in [2.05, 4.69) is 15.9 Å². The summed E-state index contributed by atoms with van der Waals surface area (Å²) in [6.07, 6.45) is 0. The molecular weight excluding hydrogens is 351 g/mol. The summed E-state index contributed by atoms with van der Waals surface area (Å²) in [5.41, 5.74) is -5.79. The van der Waals surface area contributed by atoms with Gasteiger partial charge in [0, 0.05) is 11.0 Å². The summed E-state index contributed by atoms with van der Waals surface area (Å²) in [4.78, 5) is 20.5. The van der Waals surface area contributed by atoms with Crippen molar-refractivity contribution in [2.45, 2.75) is 22.2 Å². The van der Waals surface area contributed by atoms with Crippen molar-refractivity contribution in [3.63, 3.8) is 0 Å². The number of hydrogen-bond acceptors (Lipinski definition) is 4. The van der Waals surface area contributed by atoms with Gasteiger partial charge in [0.15, 0.2) is 5.78 Å². The van der Waals surface area contributed by atoms with E-state index in [4.69, 9.17) is 0 Å². The van der Waals surface area contributed by atoms with Crippen molar-refractivity contribution in [3.05, 3.63) is 33.9 Å². The molecule has 1 unspecified atom stereocenters. The summed E-state index contributed by atoms with van der Waals surface area (Å²) in [6.45, 7) is 1.39. The quantitative estimate of drug-likeness (QED) is 0.266. The number of carbonyl (C=O) groups is 1. The van der Waals surface area contributed by atoms with Crippen LogP contribution in [-0.4, -0.2) is 21.0 Å². The van der Waals surface area contributed by atoms with Crippen LogP contribution in [0.5, 0.6) is 0 Å². The molecular formula is C10H7BrF3NO3S. The van der Waals surface area contributed by atoms with E-state index in [1.54, 1.807) is 0 Å². The molecule has 0 saturated heterocycles. The Morgan fingerprint density at radius 3 is 2.47 bits per heavy atom. The Kier molecular flexibility index (Phi) is 4.97. The fourth-order valence-electron chi connectivity index (χ4n) is 1.33. The number of halogens is 4. The van der Waals surface area contributed by atoms with E-state index in [0.29, 0.717) is 0 Å². The van der Waals surface area contributed by atoms with Crippen molar-refractivity contribution in [1.82, 2.24) is 0 Å². The Bertz CT molecular complexity index is 519. The molecule has 0 spiro atoms. The Hall–Kier alpha value is -1.09. The van der Waals surface area contributed by atoms with E-state index >= 15 is 0 Å². The standard InChI is InChI=1S/C10H7BrF3NO3S/c1-5(11)9(16)8-6(15(17)18)3-2-4-7(8)19-10(12,13)14/h2-5H,1H3. The van der Waals surface area contributed by atoms with Crippen molar-refractivity contribution in [3.8, 4) is 0 Å². The maximum Gasteiger partial charge on any atom is 0.446 e. The van der Waals surface area contributed by atoms with Gasteiger partial charge in [0.25, 0.3) is 5.69 Å². The molecule has 0 aliphatic carbocycles. The molecule has 0 N–H and O–H groups in total. The lowest BCUT2D eigenvalue weighted by Crippen LogP contribution is -2.15. The SMILES string of the molecule is CC(Br)C(=O)c1c(SC(F)(F)F)cccc1[N+](=O)[O-]. The molecule has 0 radical (unpaired) electrons. The van der Waals surface area contributed by atoms with Crippen molar-refractivity contribution >= 4 is 39.2 Å². The highest BCUT2D eigenvalue weighted by molar-refractivity contribution is 9.10.